The van der Waals surface area contributed by atoms with Gasteiger partial charge in [-0.3, -0.25) is 4.79 Å². The quantitative estimate of drug-likeness (QED) is 0.0853. The van der Waals surface area contributed by atoms with Crippen LogP contribution in [-0.4, -0.2) is 55.4 Å². The van der Waals surface area contributed by atoms with Gasteiger partial charge in [-0.2, -0.15) is 4.98 Å². The third kappa shape index (κ3) is 8.01. The van der Waals surface area contributed by atoms with Crippen molar-refractivity contribution in [1.82, 2.24) is 34.5 Å². The number of benzene rings is 3. The number of nitrogens with one attached hydrogen (secondary N) is 1. The lowest BCUT2D eigenvalue weighted by molar-refractivity contribution is 0.334. The Kier molecular flexibility index (Phi) is 10.6. The van der Waals surface area contributed by atoms with Crippen molar-refractivity contribution in [2.24, 2.45) is 0 Å². The first-order chi connectivity index (χ1) is 24.0. The fourth-order valence-corrected chi connectivity index (χ4v) is 7.71. The molecule has 3 heterocycles. The zero-order valence-electron chi connectivity index (χ0n) is 27.6. The van der Waals surface area contributed by atoms with E-state index >= 15 is 0 Å². The van der Waals surface area contributed by atoms with Crippen LogP contribution < -0.4 is 10.9 Å². The standard InChI is InChI=1S/C38H41F2N7OS/c39-22-27-6-12-30(13-7-27)31-14-8-28(9-15-31)24-47-35(23-41-18-21-45-19-1-2-20-45)43-44-36(47)25-46-34-5-3-4-33(34)37(48)42-38(46)49-26-29-10-16-32(40)17-11-29/h6-17,41H,1-5,18-26H2. The molecule has 0 bridgehead atoms. The van der Waals surface area contributed by atoms with E-state index < -0.39 is 6.67 Å². The third-order valence-corrected chi connectivity index (χ3v) is 10.6. The van der Waals surface area contributed by atoms with Crippen molar-refractivity contribution in [2.75, 3.05) is 26.2 Å². The van der Waals surface area contributed by atoms with Crippen LogP contribution in [0.1, 0.15) is 58.9 Å². The summed E-state index contributed by atoms with van der Waals surface area (Å²) in [5.41, 5.74) is 6.50. The van der Waals surface area contributed by atoms with Gasteiger partial charge < -0.3 is 19.4 Å². The predicted octanol–water partition coefficient (Wildman–Crippen LogP) is 6.17. The molecule has 1 N–H and O–H groups in total. The first-order valence-corrected chi connectivity index (χ1v) is 18.1. The summed E-state index contributed by atoms with van der Waals surface area (Å²) in [7, 11) is 0. The molecule has 7 rings (SSSR count). The topological polar surface area (TPSA) is 80.9 Å². The summed E-state index contributed by atoms with van der Waals surface area (Å²) in [6.45, 7) is 5.35. The molecule has 1 fully saturated rings. The molecule has 49 heavy (non-hydrogen) atoms. The Balaban J connectivity index is 1.16. The van der Waals surface area contributed by atoms with Crippen LogP contribution in [0.3, 0.4) is 0 Å². The second-order valence-corrected chi connectivity index (χ2v) is 13.8. The van der Waals surface area contributed by atoms with E-state index in [1.165, 1.54) is 36.7 Å². The summed E-state index contributed by atoms with van der Waals surface area (Å²) >= 11 is 1.49. The highest BCUT2D eigenvalue weighted by molar-refractivity contribution is 7.98. The molecule has 11 heteroatoms. The van der Waals surface area contributed by atoms with E-state index in [1.54, 1.807) is 12.1 Å². The lowest BCUT2D eigenvalue weighted by Crippen LogP contribution is -2.30. The zero-order valence-corrected chi connectivity index (χ0v) is 28.4. The Morgan fingerprint density at radius 2 is 1.43 bits per heavy atom. The minimum Gasteiger partial charge on any atom is -0.316 e. The number of aromatic nitrogens is 5. The van der Waals surface area contributed by atoms with Crippen molar-refractivity contribution in [3.05, 3.63) is 129 Å². The maximum Gasteiger partial charge on any atom is 0.277 e. The predicted molar refractivity (Wildman–Crippen MR) is 189 cm³/mol. The fraction of sp³-hybridized carbons (Fsp3) is 0.368. The molecular formula is C38H41F2N7OS. The normalized spacial score (nSPS) is 14.5. The number of hydrogen-bond acceptors (Lipinski definition) is 7. The number of likely N-dealkylation sites (tertiary alicyclic amines) is 1. The molecule has 1 aliphatic carbocycles. The van der Waals surface area contributed by atoms with Gasteiger partial charge in [0.05, 0.1) is 19.6 Å². The van der Waals surface area contributed by atoms with Crippen molar-refractivity contribution >= 4 is 11.8 Å². The highest BCUT2D eigenvalue weighted by Crippen LogP contribution is 2.28. The number of halogens is 2. The summed E-state index contributed by atoms with van der Waals surface area (Å²) < 4.78 is 30.9. The van der Waals surface area contributed by atoms with Crippen molar-refractivity contribution < 1.29 is 8.78 Å². The maximum atomic E-state index is 13.5. The molecular weight excluding hydrogens is 641 g/mol. The molecule has 8 nitrogen and oxygen atoms in total. The summed E-state index contributed by atoms with van der Waals surface area (Å²) in [5.74, 6) is 1.94. The van der Waals surface area contributed by atoms with Crippen molar-refractivity contribution in [3.63, 3.8) is 0 Å². The lowest BCUT2D eigenvalue weighted by atomic mass is 10.0. The second kappa shape index (κ2) is 15.6. The summed E-state index contributed by atoms with van der Waals surface area (Å²) in [4.78, 5) is 20.1. The van der Waals surface area contributed by atoms with Gasteiger partial charge in [-0.25, -0.2) is 8.78 Å². The third-order valence-electron chi connectivity index (χ3n) is 9.51. The van der Waals surface area contributed by atoms with Crippen LogP contribution in [0.4, 0.5) is 8.78 Å². The van der Waals surface area contributed by atoms with Gasteiger partial charge in [0.1, 0.15) is 18.3 Å². The molecule has 0 unspecified atom stereocenters. The van der Waals surface area contributed by atoms with E-state index in [4.69, 9.17) is 5.10 Å². The highest BCUT2D eigenvalue weighted by atomic mass is 32.2. The Hall–Kier alpha value is -4.19. The van der Waals surface area contributed by atoms with Gasteiger partial charge in [0.15, 0.2) is 11.0 Å². The number of fused-ring (bicyclic) bond motifs is 1. The number of rotatable bonds is 14. The van der Waals surface area contributed by atoms with Crippen molar-refractivity contribution in [3.8, 4) is 11.1 Å². The highest BCUT2D eigenvalue weighted by Gasteiger charge is 2.24. The van der Waals surface area contributed by atoms with Gasteiger partial charge in [0.25, 0.3) is 5.56 Å². The minimum absolute atomic E-state index is 0.158. The summed E-state index contributed by atoms with van der Waals surface area (Å²) in [5, 5.41) is 13.6. The molecule has 1 saturated heterocycles. The van der Waals surface area contributed by atoms with E-state index in [9.17, 15) is 13.6 Å². The molecule has 0 radical (unpaired) electrons. The van der Waals surface area contributed by atoms with E-state index in [-0.39, 0.29) is 11.4 Å². The Morgan fingerprint density at radius 3 is 2.14 bits per heavy atom. The molecule has 2 aromatic heterocycles. The smallest absolute Gasteiger partial charge is 0.277 e. The lowest BCUT2D eigenvalue weighted by Gasteiger charge is -2.18. The van der Waals surface area contributed by atoms with Crippen molar-refractivity contribution in [1.29, 1.82) is 0 Å². The van der Waals surface area contributed by atoms with Gasteiger partial charge in [-0.15, -0.1) is 10.2 Å². The average Bonchev–Trinajstić information content (AvgIpc) is 3.91. The largest absolute Gasteiger partial charge is 0.316 e. The number of hydrogen-bond donors (Lipinski definition) is 1. The zero-order chi connectivity index (χ0) is 33.6. The molecule has 1 aliphatic heterocycles. The Bertz CT molecular complexity index is 1920. The number of alkyl halides is 1. The molecule has 3 aromatic carbocycles. The van der Waals surface area contributed by atoms with Gasteiger partial charge in [-0.1, -0.05) is 72.4 Å². The van der Waals surface area contributed by atoms with Gasteiger partial charge >= 0.3 is 0 Å². The van der Waals surface area contributed by atoms with Crippen LogP contribution in [0.15, 0.2) is 82.7 Å². The van der Waals surface area contributed by atoms with Gasteiger partial charge in [0.2, 0.25) is 0 Å². The SMILES string of the molecule is O=c1nc(SCc2ccc(F)cc2)n(Cc2nnc(CNCCN3CCCC3)n2Cc2ccc(-c3ccc(CF)cc3)cc2)c2c1CCC2. The number of thioether (sulfide) groups is 1. The minimum atomic E-state index is -0.470. The van der Waals surface area contributed by atoms with Crippen LogP contribution in [-0.2, 0) is 44.9 Å². The van der Waals surface area contributed by atoms with E-state index in [1.807, 2.05) is 24.3 Å². The monoisotopic (exact) mass is 681 g/mol. The van der Waals surface area contributed by atoms with E-state index in [0.29, 0.717) is 36.1 Å². The van der Waals surface area contributed by atoms with E-state index in [0.717, 1.165) is 90.6 Å². The van der Waals surface area contributed by atoms with Gasteiger partial charge in [-0.05, 0) is 85.1 Å². The van der Waals surface area contributed by atoms with Crippen LogP contribution in [0.2, 0.25) is 0 Å². The van der Waals surface area contributed by atoms with Crippen LogP contribution in [0.5, 0.6) is 0 Å². The molecule has 254 valence electrons. The first kappa shape index (κ1) is 33.3. The molecule has 0 saturated carbocycles. The fourth-order valence-electron chi connectivity index (χ4n) is 6.75. The van der Waals surface area contributed by atoms with Crippen LogP contribution in [0, 0.1) is 5.82 Å². The molecule has 0 spiro atoms. The molecule has 0 atom stereocenters. The van der Waals surface area contributed by atoms with Crippen molar-refractivity contribution in [2.45, 2.75) is 69.3 Å². The van der Waals surface area contributed by atoms with Crippen LogP contribution >= 0.6 is 11.8 Å². The van der Waals surface area contributed by atoms with Gasteiger partial charge in [0, 0.05) is 30.1 Å². The summed E-state index contributed by atoms with van der Waals surface area (Å²) in [6.07, 6.45) is 5.00. The van der Waals surface area contributed by atoms with Crippen LogP contribution in [0.25, 0.3) is 11.1 Å². The molecule has 0 amide bonds. The Morgan fingerprint density at radius 1 is 0.755 bits per heavy atom. The first-order valence-electron chi connectivity index (χ1n) is 17.1. The average molecular weight is 682 g/mol. The Labute approximate surface area is 289 Å². The van der Waals surface area contributed by atoms with E-state index in [2.05, 4.69) is 53.7 Å². The maximum absolute atomic E-state index is 13.5. The molecule has 2 aliphatic rings. The second-order valence-electron chi connectivity index (χ2n) is 12.9. The summed E-state index contributed by atoms with van der Waals surface area (Å²) in [6, 6.07) is 22.4. The number of nitrogens with zero attached hydrogens (tertiary/aromatic N) is 6. The molecule has 5 aromatic rings.